The molecule has 2 aromatic rings. The Balaban J connectivity index is 1.61. The van der Waals surface area contributed by atoms with Gasteiger partial charge in [0.05, 0.1) is 0 Å². The number of amides is 1. The summed E-state index contributed by atoms with van der Waals surface area (Å²) in [7, 11) is 3.96. The first-order valence-corrected chi connectivity index (χ1v) is 8.72. The lowest BCUT2D eigenvalue weighted by Gasteiger charge is -2.22. The third-order valence-electron chi connectivity index (χ3n) is 4.67. The van der Waals surface area contributed by atoms with Crippen LogP contribution in [0.25, 0.3) is 11.4 Å². The van der Waals surface area contributed by atoms with E-state index < -0.39 is 0 Å². The number of hydrogen-bond donors (Lipinski definition) is 1. The molecular formula is C18H25N5O2. The number of aromatic nitrogens is 2. The maximum absolute atomic E-state index is 12.3. The van der Waals surface area contributed by atoms with Crippen LogP contribution < -0.4 is 10.2 Å². The summed E-state index contributed by atoms with van der Waals surface area (Å²) >= 11 is 0. The molecule has 1 aromatic heterocycles. The van der Waals surface area contributed by atoms with Crippen molar-refractivity contribution in [1.29, 1.82) is 0 Å². The predicted molar refractivity (Wildman–Crippen MR) is 96.7 cm³/mol. The molecule has 7 nitrogen and oxygen atoms in total. The quantitative estimate of drug-likeness (QED) is 0.865. The van der Waals surface area contributed by atoms with E-state index in [1.54, 1.807) is 0 Å². The number of benzene rings is 1. The Labute approximate surface area is 148 Å². The van der Waals surface area contributed by atoms with Crippen molar-refractivity contribution in [2.24, 2.45) is 0 Å². The predicted octanol–water partition coefficient (Wildman–Crippen LogP) is 2.02. The first kappa shape index (κ1) is 17.4. The third-order valence-corrected chi connectivity index (χ3v) is 4.67. The van der Waals surface area contributed by atoms with Crippen LogP contribution in [0.2, 0.25) is 0 Å². The van der Waals surface area contributed by atoms with Crippen molar-refractivity contribution in [2.75, 3.05) is 38.6 Å². The van der Waals surface area contributed by atoms with E-state index in [0.717, 1.165) is 30.8 Å². The zero-order chi connectivity index (χ0) is 17.8. The molecule has 7 heteroatoms. The van der Waals surface area contributed by atoms with Crippen molar-refractivity contribution < 1.29 is 9.32 Å². The Morgan fingerprint density at radius 2 is 2.12 bits per heavy atom. The van der Waals surface area contributed by atoms with Crippen LogP contribution in [0, 0.1) is 0 Å². The monoisotopic (exact) mass is 343 g/mol. The van der Waals surface area contributed by atoms with Crippen molar-refractivity contribution in [3.63, 3.8) is 0 Å². The third kappa shape index (κ3) is 3.99. The average molecular weight is 343 g/mol. The summed E-state index contributed by atoms with van der Waals surface area (Å²) in [4.78, 5) is 20.9. The highest BCUT2D eigenvalue weighted by molar-refractivity contribution is 5.89. The van der Waals surface area contributed by atoms with E-state index in [0.29, 0.717) is 18.4 Å². The fourth-order valence-corrected chi connectivity index (χ4v) is 3.17. The number of rotatable bonds is 6. The van der Waals surface area contributed by atoms with Crippen LogP contribution >= 0.6 is 0 Å². The Morgan fingerprint density at radius 1 is 1.36 bits per heavy atom. The fraction of sp³-hybridized carbons (Fsp3) is 0.500. The molecule has 0 bridgehead atoms. The fourth-order valence-electron chi connectivity index (χ4n) is 3.17. The lowest BCUT2D eigenvalue weighted by molar-refractivity contribution is 0.0897. The molecule has 2 heterocycles. The summed E-state index contributed by atoms with van der Waals surface area (Å²) in [5.74, 6) is 0.117. The number of anilines is 1. The van der Waals surface area contributed by atoms with Crippen LogP contribution in [0.5, 0.6) is 0 Å². The summed E-state index contributed by atoms with van der Waals surface area (Å²) < 4.78 is 5.13. The average Bonchev–Trinajstić information content (AvgIpc) is 3.29. The molecule has 1 N–H and O–H groups in total. The molecule has 0 spiro atoms. The molecule has 1 amide bonds. The van der Waals surface area contributed by atoms with Gasteiger partial charge >= 0.3 is 11.8 Å². The topological polar surface area (TPSA) is 74.5 Å². The van der Waals surface area contributed by atoms with Crippen molar-refractivity contribution in [3.8, 4) is 11.4 Å². The molecule has 1 atom stereocenters. The van der Waals surface area contributed by atoms with Gasteiger partial charge in [0.2, 0.25) is 5.82 Å². The van der Waals surface area contributed by atoms with Gasteiger partial charge in [0, 0.05) is 37.9 Å². The number of likely N-dealkylation sites (tertiary alicyclic amines) is 1. The lowest BCUT2D eigenvalue weighted by atomic mass is 10.2. The standard InChI is InChI=1S/C18H25N5O2/c1-4-23-11-5-6-15(23)12-19-17(24)18-20-16(21-25-18)13-7-9-14(10-8-13)22(2)3/h7-10,15H,4-6,11-12H2,1-3H3,(H,19,24)/t15-/m1/s1. The van der Waals surface area contributed by atoms with Gasteiger partial charge in [-0.05, 0) is 50.2 Å². The van der Waals surface area contributed by atoms with Crippen LogP contribution in [0.3, 0.4) is 0 Å². The molecule has 0 aliphatic carbocycles. The van der Waals surface area contributed by atoms with Gasteiger partial charge in [-0.3, -0.25) is 9.69 Å². The Bertz CT molecular complexity index is 711. The number of nitrogens with zero attached hydrogens (tertiary/aromatic N) is 4. The van der Waals surface area contributed by atoms with Crippen LogP contribution in [0.15, 0.2) is 28.8 Å². The minimum absolute atomic E-state index is 0.00716. The molecule has 1 fully saturated rings. The second kappa shape index (κ2) is 7.65. The van der Waals surface area contributed by atoms with Crippen LogP contribution in [0.4, 0.5) is 5.69 Å². The molecule has 3 rings (SSSR count). The smallest absolute Gasteiger partial charge is 0.316 e. The molecule has 0 unspecified atom stereocenters. The summed E-state index contributed by atoms with van der Waals surface area (Å²) in [6.45, 7) is 4.87. The first-order valence-electron chi connectivity index (χ1n) is 8.72. The summed E-state index contributed by atoms with van der Waals surface area (Å²) in [5, 5.41) is 6.83. The van der Waals surface area contributed by atoms with Gasteiger partial charge in [0.25, 0.3) is 0 Å². The molecule has 0 saturated carbocycles. The van der Waals surface area contributed by atoms with Crippen molar-refractivity contribution in [1.82, 2.24) is 20.4 Å². The minimum Gasteiger partial charge on any atom is -0.378 e. The van der Waals surface area contributed by atoms with E-state index in [1.165, 1.54) is 6.42 Å². The lowest BCUT2D eigenvalue weighted by Crippen LogP contribution is -2.40. The van der Waals surface area contributed by atoms with E-state index >= 15 is 0 Å². The van der Waals surface area contributed by atoms with E-state index in [-0.39, 0.29) is 11.8 Å². The molecule has 1 saturated heterocycles. The SMILES string of the molecule is CCN1CCC[C@@H]1CNC(=O)c1nc(-c2ccc(N(C)C)cc2)no1. The highest BCUT2D eigenvalue weighted by Gasteiger charge is 2.24. The number of nitrogens with one attached hydrogen (secondary N) is 1. The van der Waals surface area contributed by atoms with Gasteiger partial charge < -0.3 is 14.7 Å². The molecule has 0 radical (unpaired) electrons. The summed E-state index contributed by atoms with van der Waals surface area (Å²) in [6.07, 6.45) is 2.30. The molecule has 134 valence electrons. The zero-order valence-corrected chi connectivity index (χ0v) is 15.0. The number of carbonyl (C=O) groups is 1. The van der Waals surface area contributed by atoms with Gasteiger partial charge in [0.1, 0.15) is 0 Å². The van der Waals surface area contributed by atoms with E-state index in [1.807, 2.05) is 43.3 Å². The van der Waals surface area contributed by atoms with Crippen molar-refractivity contribution in [3.05, 3.63) is 30.2 Å². The number of carbonyl (C=O) groups excluding carboxylic acids is 1. The summed E-state index contributed by atoms with van der Waals surface area (Å²) in [6, 6.07) is 8.18. The van der Waals surface area contributed by atoms with Crippen LogP contribution in [-0.2, 0) is 0 Å². The zero-order valence-electron chi connectivity index (χ0n) is 15.0. The van der Waals surface area contributed by atoms with Crippen molar-refractivity contribution in [2.45, 2.75) is 25.8 Å². The highest BCUT2D eigenvalue weighted by atomic mass is 16.5. The van der Waals surface area contributed by atoms with E-state index in [9.17, 15) is 4.79 Å². The molecule has 1 aliphatic heterocycles. The second-order valence-electron chi connectivity index (χ2n) is 6.50. The normalized spacial score (nSPS) is 17.6. The van der Waals surface area contributed by atoms with Gasteiger partial charge in [-0.2, -0.15) is 4.98 Å². The minimum atomic E-state index is -0.313. The number of hydrogen-bond acceptors (Lipinski definition) is 6. The van der Waals surface area contributed by atoms with E-state index in [4.69, 9.17) is 4.52 Å². The van der Waals surface area contributed by atoms with E-state index in [2.05, 4.69) is 27.3 Å². The second-order valence-corrected chi connectivity index (χ2v) is 6.50. The van der Waals surface area contributed by atoms with Crippen LogP contribution in [-0.4, -0.2) is 60.7 Å². The Hall–Kier alpha value is -2.41. The van der Waals surface area contributed by atoms with Crippen LogP contribution in [0.1, 0.15) is 30.5 Å². The Morgan fingerprint density at radius 3 is 2.80 bits per heavy atom. The Kier molecular flexibility index (Phi) is 5.33. The number of likely N-dealkylation sites (N-methyl/N-ethyl adjacent to an activating group) is 1. The van der Waals surface area contributed by atoms with Gasteiger partial charge in [-0.25, -0.2) is 0 Å². The van der Waals surface area contributed by atoms with Crippen molar-refractivity contribution >= 4 is 11.6 Å². The van der Waals surface area contributed by atoms with Gasteiger partial charge in [0.15, 0.2) is 0 Å². The highest BCUT2D eigenvalue weighted by Crippen LogP contribution is 2.20. The van der Waals surface area contributed by atoms with Gasteiger partial charge in [-0.1, -0.05) is 12.1 Å². The molecule has 1 aliphatic rings. The first-order chi connectivity index (χ1) is 12.1. The molecule has 1 aromatic carbocycles. The van der Waals surface area contributed by atoms with Gasteiger partial charge in [-0.15, -0.1) is 0 Å². The molecule has 25 heavy (non-hydrogen) atoms. The maximum atomic E-state index is 12.3. The maximum Gasteiger partial charge on any atom is 0.316 e. The molecular weight excluding hydrogens is 318 g/mol. The largest absolute Gasteiger partial charge is 0.378 e. The summed E-state index contributed by atoms with van der Waals surface area (Å²) in [5.41, 5.74) is 1.91.